The number of hydrogen-bond acceptors (Lipinski definition) is 4. The summed E-state index contributed by atoms with van der Waals surface area (Å²) in [7, 11) is 0. The van der Waals surface area contributed by atoms with E-state index in [1.165, 1.54) is 0 Å². The van der Waals surface area contributed by atoms with Gasteiger partial charge in [0.1, 0.15) is 5.60 Å². The second-order valence-electron chi connectivity index (χ2n) is 7.54. The van der Waals surface area contributed by atoms with Gasteiger partial charge in [0.2, 0.25) is 0 Å². The Balaban J connectivity index is 2.36. The molecule has 1 aliphatic rings. The lowest BCUT2D eigenvalue weighted by molar-refractivity contribution is 0.0496. The highest BCUT2D eigenvalue weighted by Crippen LogP contribution is 2.32. The lowest BCUT2D eigenvalue weighted by atomic mass is 9.95. The van der Waals surface area contributed by atoms with Gasteiger partial charge in [-0.1, -0.05) is 13.8 Å². The van der Waals surface area contributed by atoms with E-state index in [4.69, 9.17) is 4.74 Å². The number of amides is 1. The standard InChI is InChI=1S/C15H30N2O3/c1-14(2,3)20-13(19)17-12(11-6-7-11)8-16-9-15(4,5)10-18/h11-12,16,18H,6-10H2,1-5H3,(H,17,19). The van der Waals surface area contributed by atoms with E-state index in [1.54, 1.807) is 0 Å². The van der Waals surface area contributed by atoms with Crippen LogP contribution < -0.4 is 10.6 Å². The summed E-state index contributed by atoms with van der Waals surface area (Å²) in [5.74, 6) is 0.548. The number of carbonyl (C=O) groups is 1. The Labute approximate surface area is 122 Å². The summed E-state index contributed by atoms with van der Waals surface area (Å²) < 4.78 is 5.30. The molecule has 1 amide bonds. The Morgan fingerprint density at radius 2 is 1.90 bits per heavy atom. The number of ether oxygens (including phenoxy) is 1. The molecule has 5 nitrogen and oxygen atoms in total. The Morgan fingerprint density at radius 1 is 1.30 bits per heavy atom. The molecule has 5 heteroatoms. The van der Waals surface area contributed by atoms with Gasteiger partial charge in [-0.15, -0.1) is 0 Å². The van der Waals surface area contributed by atoms with Crippen LogP contribution in [0.3, 0.4) is 0 Å². The molecule has 1 unspecified atom stereocenters. The maximum absolute atomic E-state index is 11.8. The highest BCUT2D eigenvalue weighted by atomic mass is 16.6. The molecule has 0 aliphatic heterocycles. The molecular weight excluding hydrogens is 256 g/mol. The first-order valence-corrected chi connectivity index (χ1v) is 7.44. The van der Waals surface area contributed by atoms with E-state index < -0.39 is 5.60 Å². The largest absolute Gasteiger partial charge is 0.444 e. The third kappa shape index (κ3) is 7.10. The van der Waals surface area contributed by atoms with Crippen molar-refractivity contribution in [2.75, 3.05) is 19.7 Å². The summed E-state index contributed by atoms with van der Waals surface area (Å²) in [5.41, 5.74) is -0.607. The number of aliphatic hydroxyl groups is 1. The van der Waals surface area contributed by atoms with E-state index in [0.717, 1.165) is 19.4 Å². The maximum Gasteiger partial charge on any atom is 0.407 e. The Bertz CT molecular complexity index is 320. The van der Waals surface area contributed by atoms with Crippen molar-refractivity contribution < 1.29 is 14.6 Å². The highest BCUT2D eigenvalue weighted by Gasteiger charge is 2.33. The fraction of sp³-hybridized carbons (Fsp3) is 0.933. The summed E-state index contributed by atoms with van der Waals surface area (Å²) in [6.07, 6.45) is 1.97. The maximum atomic E-state index is 11.8. The molecule has 0 radical (unpaired) electrons. The smallest absolute Gasteiger partial charge is 0.407 e. The highest BCUT2D eigenvalue weighted by molar-refractivity contribution is 5.68. The van der Waals surface area contributed by atoms with E-state index >= 15 is 0 Å². The second-order valence-corrected chi connectivity index (χ2v) is 7.54. The zero-order chi connectivity index (χ0) is 15.4. The lowest BCUT2D eigenvalue weighted by Gasteiger charge is -2.26. The van der Waals surface area contributed by atoms with Crippen LogP contribution in [-0.2, 0) is 4.74 Å². The summed E-state index contributed by atoms with van der Waals surface area (Å²) in [4.78, 5) is 11.8. The monoisotopic (exact) mass is 286 g/mol. The summed E-state index contributed by atoms with van der Waals surface area (Å²) >= 11 is 0. The van der Waals surface area contributed by atoms with Gasteiger partial charge in [-0.05, 0) is 39.5 Å². The van der Waals surface area contributed by atoms with Crippen molar-refractivity contribution in [2.24, 2.45) is 11.3 Å². The number of alkyl carbamates (subject to hydrolysis) is 1. The van der Waals surface area contributed by atoms with Gasteiger partial charge in [0.05, 0.1) is 0 Å². The zero-order valence-corrected chi connectivity index (χ0v) is 13.5. The van der Waals surface area contributed by atoms with Crippen molar-refractivity contribution in [3.8, 4) is 0 Å². The van der Waals surface area contributed by atoms with Gasteiger partial charge in [0.15, 0.2) is 0 Å². The first-order valence-electron chi connectivity index (χ1n) is 7.44. The van der Waals surface area contributed by atoms with Crippen LogP contribution in [0.4, 0.5) is 4.79 Å². The van der Waals surface area contributed by atoms with Crippen LogP contribution in [0.2, 0.25) is 0 Å². The van der Waals surface area contributed by atoms with Gasteiger partial charge in [0, 0.05) is 31.2 Å². The second kappa shape index (κ2) is 6.76. The topological polar surface area (TPSA) is 70.6 Å². The molecule has 0 spiro atoms. The Kier molecular flexibility index (Phi) is 5.83. The molecule has 0 bridgehead atoms. The Morgan fingerprint density at radius 3 is 2.35 bits per heavy atom. The quantitative estimate of drug-likeness (QED) is 0.668. The molecule has 3 N–H and O–H groups in total. The van der Waals surface area contributed by atoms with E-state index in [-0.39, 0.29) is 24.2 Å². The first-order chi connectivity index (χ1) is 9.13. The van der Waals surface area contributed by atoms with Crippen molar-refractivity contribution in [3.63, 3.8) is 0 Å². The van der Waals surface area contributed by atoms with Crippen LogP contribution in [0.1, 0.15) is 47.5 Å². The molecule has 20 heavy (non-hydrogen) atoms. The summed E-state index contributed by atoms with van der Waals surface area (Å²) in [6.45, 7) is 11.2. The number of hydrogen-bond donors (Lipinski definition) is 3. The van der Waals surface area contributed by atoms with Crippen LogP contribution in [0, 0.1) is 11.3 Å². The molecule has 0 aromatic rings. The number of carbonyl (C=O) groups excluding carboxylic acids is 1. The summed E-state index contributed by atoms with van der Waals surface area (Å²) in [5, 5.41) is 15.5. The van der Waals surface area contributed by atoms with Gasteiger partial charge in [0.25, 0.3) is 0 Å². The lowest BCUT2D eigenvalue weighted by Crippen LogP contribution is -2.47. The fourth-order valence-electron chi connectivity index (χ4n) is 1.92. The molecule has 1 rings (SSSR count). The van der Waals surface area contributed by atoms with Crippen molar-refractivity contribution in [1.82, 2.24) is 10.6 Å². The van der Waals surface area contributed by atoms with Crippen LogP contribution >= 0.6 is 0 Å². The average Bonchev–Trinajstić information content (AvgIpc) is 3.08. The van der Waals surface area contributed by atoms with E-state index in [2.05, 4.69) is 10.6 Å². The van der Waals surface area contributed by atoms with Gasteiger partial charge in [-0.2, -0.15) is 0 Å². The molecule has 0 heterocycles. The van der Waals surface area contributed by atoms with Gasteiger partial charge >= 0.3 is 6.09 Å². The van der Waals surface area contributed by atoms with Gasteiger partial charge in [-0.25, -0.2) is 4.79 Å². The van der Waals surface area contributed by atoms with Gasteiger partial charge in [-0.3, -0.25) is 0 Å². The Hall–Kier alpha value is -0.810. The molecule has 0 saturated heterocycles. The molecular formula is C15H30N2O3. The van der Waals surface area contributed by atoms with Crippen LogP contribution in [-0.4, -0.2) is 42.5 Å². The summed E-state index contributed by atoms with van der Waals surface area (Å²) in [6, 6.07) is 0.111. The van der Waals surface area contributed by atoms with Crippen molar-refractivity contribution in [1.29, 1.82) is 0 Å². The first kappa shape index (κ1) is 17.2. The van der Waals surface area contributed by atoms with Gasteiger partial charge < -0.3 is 20.5 Å². The van der Waals surface area contributed by atoms with E-state index in [1.807, 2.05) is 34.6 Å². The predicted octanol–water partition coefficient (Wildman–Crippen LogP) is 1.90. The normalized spacial score (nSPS) is 17.7. The number of rotatable bonds is 7. The van der Waals surface area contributed by atoms with Crippen LogP contribution in [0.15, 0.2) is 0 Å². The molecule has 1 atom stereocenters. The third-order valence-electron chi connectivity index (χ3n) is 3.29. The molecule has 1 saturated carbocycles. The molecule has 1 fully saturated rings. The predicted molar refractivity (Wildman–Crippen MR) is 79.6 cm³/mol. The number of aliphatic hydroxyl groups excluding tert-OH is 1. The minimum atomic E-state index is -0.468. The van der Waals surface area contributed by atoms with Crippen LogP contribution in [0.5, 0.6) is 0 Å². The zero-order valence-electron chi connectivity index (χ0n) is 13.5. The molecule has 118 valence electrons. The van der Waals surface area contributed by atoms with Crippen LogP contribution in [0.25, 0.3) is 0 Å². The molecule has 1 aliphatic carbocycles. The van der Waals surface area contributed by atoms with E-state index in [0.29, 0.717) is 12.5 Å². The van der Waals surface area contributed by atoms with E-state index in [9.17, 15) is 9.90 Å². The number of nitrogens with one attached hydrogen (secondary N) is 2. The minimum absolute atomic E-state index is 0.111. The molecule has 0 aromatic carbocycles. The van der Waals surface area contributed by atoms with Crippen molar-refractivity contribution in [2.45, 2.75) is 59.1 Å². The molecule has 0 aromatic heterocycles. The average molecular weight is 286 g/mol. The minimum Gasteiger partial charge on any atom is -0.444 e. The third-order valence-corrected chi connectivity index (χ3v) is 3.29. The van der Waals surface area contributed by atoms with Crippen molar-refractivity contribution in [3.05, 3.63) is 0 Å². The fourth-order valence-corrected chi connectivity index (χ4v) is 1.92. The SMILES string of the molecule is CC(C)(CO)CNCC(NC(=O)OC(C)(C)C)C1CC1. The van der Waals surface area contributed by atoms with Crippen molar-refractivity contribution >= 4 is 6.09 Å².